The van der Waals surface area contributed by atoms with E-state index in [1.807, 2.05) is 24.5 Å². The molecule has 4 atom stereocenters. The summed E-state index contributed by atoms with van der Waals surface area (Å²) in [4.78, 5) is 43.1. The highest BCUT2D eigenvalue weighted by molar-refractivity contribution is 7.99. The number of H-pyrrole nitrogens is 1. The molecule has 33 heavy (non-hydrogen) atoms. The maximum absolute atomic E-state index is 13.4. The lowest BCUT2D eigenvalue weighted by atomic mass is 9.99. The topological polar surface area (TPSA) is 127 Å². The number of aromatic amines is 1. The molecule has 2 fully saturated rings. The van der Waals surface area contributed by atoms with Crippen LogP contribution >= 0.6 is 11.8 Å². The Morgan fingerprint density at radius 2 is 2.24 bits per heavy atom. The van der Waals surface area contributed by atoms with Crippen molar-refractivity contribution in [2.75, 3.05) is 26.5 Å². The zero-order valence-corrected chi connectivity index (χ0v) is 19.4. The Morgan fingerprint density at radius 1 is 1.42 bits per heavy atom. The summed E-state index contributed by atoms with van der Waals surface area (Å²) in [5.74, 6) is -0.337. The van der Waals surface area contributed by atoms with Crippen molar-refractivity contribution in [2.24, 2.45) is 5.92 Å². The van der Waals surface area contributed by atoms with Crippen LogP contribution in [0.3, 0.4) is 0 Å². The van der Waals surface area contributed by atoms with Crippen molar-refractivity contribution >= 4 is 40.4 Å². The number of aromatic nitrogens is 1. The number of nitriles is 1. The second-order valence-corrected chi connectivity index (χ2v) is 9.51. The third-order valence-corrected chi connectivity index (χ3v) is 7.40. The monoisotopic (exact) mass is 469 g/mol. The van der Waals surface area contributed by atoms with Gasteiger partial charge in [0.25, 0.3) is 5.91 Å². The molecular weight excluding hydrogens is 442 g/mol. The number of fused-ring (bicyclic) bond motifs is 1. The maximum atomic E-state index is 13.4. The van der Waals surface area contributed by atoms with Crippen LogP contribution in [0.1, 0.15) is 29.8 Å². The molecule has 1 aromatic heterocycles. The molecule has 1 aromatic carbocycles. The van der Waals surface area contributed by atoms with Crippen molar-refractivity contribution in [3.05, 3.63) is 30.0 Å². The van der Waals surface area contributed by atoms with Gasteiger partial charge in [-0.05, 0) is 43.7 Å². The lowest BCUT2D eigenvalue weighted by molar-refractivity contribution is -0.126. The standard InChI is InChI=1S/C23H27N5O4S/c1-32-20-5-3-4-17-16(20)10-18(27-17)23(31)28-12-15(33-2)9-19(28)22(30)26-14(11-24)8-13-6-7-25-21(13)29/h3-5,10,13-15,19,27H,6-9,12H2,1-2H3,(H,25,29)(H,26,30)/t13-,14-,15+,19-/m0/s1. The predicted octanol–water partition coefficient (Wildman–Crippen LogP) is 1.66. The number of carbonyl (C=O) groups is 3. The first-order chi connectivity index (χ1) is 15.9. The molecule has 2 aliphatic rings. The number of nitrogens with zero attached hydrogens (tertiary/aromatic N) is 2. The van der Waals surface area contributed by atoms with Gasteiger partial charge >= 0.3 is 0 Å². The van der Waals surface area contributed by atoms with E-state index in [4.69, 9.17) is 4.74 Å². The molecule has 0 unspecified atom stereocenters. The third-order valence-electron chi connectivity index (χ3n) is 6.39. The Morgan fingerprint density at radius 3 is 2.91 bits per heavy atom. The molecule has 2 aliphatic heterocycles. The number of thioether (sulfide) groups is 1. The third kappa shape index (κ3) is 4.64. The van der Waals surface area contributed by atoms with Gasteiger partial charge in [-0.1, -0.05) is 6.07 Å². The number of amides is 3. The van der Waals surface area contributed by atoms with Crippen LogP contribution in [0.5, 0.6) is 5.75 Å². The fraction of sp³-hybridized carbons (Fsp3) is 0.478. The van der Waals surface area contributed by atoms with Gasteiger partial charge in [0.1, 0.15) is 23.5 Å². The lowest BCUT2D eigenvalue weighted by Crippen LogP contribution is -2.49. The van der Waals surface area contributed by atoms with E-state index in [1.54, 1.807) is 29.8 Å². The summed E-state index contributed by atoms with van der Waals surface area (Å²) in [5, 5.41) is 16.0. The first-order valence-corrected chi connectivity index (χ1v) is 12.2. The van der Waals surface area contributed by atoms with Gasteiger partial charge in [0.05, 0.1) is 13.2 Å². The van der Waals surface area contributed by atoms with Crippen LogP contribution in [0.4, 0.5) is 0 Å². The molecule has 0 radical (unpaired) electrons. The van der Waals surface area contributed by atoms with E-state index in [0.717, 1.165) is 10.9 Å². The quantitative estimate of drug-likeness (QED) is 0.566. The van der Waals surface area contributed by atoms with E-state index in [1.165, 1.54) is 0 Å². The van der Waals surface area contributed by atoms with Crippen LogP contribution in [0.15, 0.2) is 24.3 Å². The van der Waals surface area contributed by atoms with E-state index in [9.17, 15) is 19.6 Å². The molecule has 3 amide bonds. The summed E-state index contributed by atoms with van der Waals surface area (Å²) >= 11 is 1.61. The SMILES string of the molecule is COc1cccc2[nH]c(C(=O)N3C[C@H](SC)C[C@H]3C(=O)N[C@H](C#N)C[C@@H]3CCNC3=O)cc12. The number of ether oxygens (including phenoxy) is 1. The molecule has 0 spiro atoms. The van der Waals surface area contributed by atoms with Crippen molar-refractivity contribution in [2.45, 2.75) is 36.6 Å². The smallest absolute Gasteiger partial charge is 0.271 e. The maximum Gasteiger partial charge on any atom is 0.271 e. The fourth-order valence-electron chi connectivity index (χ4n) is 4.58. The van der Waals surface area contributed by atoms with Crippen LogP contribution in [-0.4, -0.2) is 71.4 Å². The van der Waals surface area contributed by atoms with Crippen LogP contribution < -0.4 is 15.4 Å². The second-order valence-electron chi connectivity index (χ2n) is 8.37. The molecule has 4 rings (SSSR count). The summed E-state index contributed by atoms with van der Waals surface area (Å²) in [6, 6.07) is 7.91. The summed E-state index contributed by atoms with van der Waals surface area (Å²) in [5.41, 5.74) is 1.16. The van der Waals surface area contributed by atoms with E-state index in [-0.39, 0.29) is 35.3 Å². The average molecular weight is 470 g/mol. The van der Waals surface area contributed by atoms with E-state index in [2.05, 4.69) is 21.7 Å². The zero-order valence-electron chi connectivity index (χ0n) is 18.6. The molecule has 2 saturated heterocycles. The number of hydrogen-bond donors (Lipinski definition) is 3. The van der Waals surface area contributed by atoms with Crippen LogP contribution in [0, 0.1) is 17.2 Å². The second kappa shape index (κ2) is 9.75. The van der Waals surface area contributed by atoms with Gasteiger partial charge < -0.3 is 25.3 Å². The molecular formula is C23H27N5O4S. The van der Waals surface area contributed by atoms with Crippen molar-refractivity contribution in [1.29, 1.82) is 5.26 Å². The van der Waals surface area contributed by atoms with Crippen molar-refractivity contribution < 1.29 is 19.1 Å². The minimum absolute atomic E-state index is 0.0844. The van der Waals surface area contributed by atoms with Gasteiger partial charge in [-0.2, -0.15) is 17.0 Å². The number of rotatable bonds is 7. The van der Waals surface area contributed by atoms with Gasteiger partial charge in [-0.3, -0.25) is 14.4 Å². The molecule has 3 heterocycles. The Balaban J connectivity index is 1.52. The van der Waals surface area contributed by atoms with Crippen LogP contribution in [0.25, 0.3) is 10.9 Å². The summed E-state index contributed by atoms with van der Waals surface area (Å²) in [6.07, 6.45) is 3.38. The highest BCUT2D eigenvalue weighted by Gasteiger charge is 2.41. The van der Waals surface area contributed by atoms with Gasteiger partial charge in [0, 0.05) is 35.2 Å². The minimum Gasteiger partial charge on any atom is -0.496 e. The van der Waals surface area contributed by atoms with Gasteiger partial charge in [-0.15, -0.1) is 0 Å². The largest absolute Gasteiger partial charge is 0.496 e. The molecule has 0 aliphatic carbocycles. The molecule has 174 valence electrons. The lowest BCUT2D eigenvalue weighted by Gasteiger charge is -2.25. The van der Waals surface area contributed by atoms with Gasteiger partial charge in [0.15, 0.2) is 0 Å². The highest BCUT2D eigenvalue weighted by atomic mass is 32.2. The predicted molar refractivity (Wildman–Crippen MR) is 125 cm³/mol. The zero-order chi connectivity index (χ0) is 23.5. The Bertz CT molecular complexity index is 1110. The Kier molecular flexibility index (Phi) is 6.79. The minimum atomic E-state index is -0.783. The molecule has 9 nitrogen and oxygen atoms in total. The molecule has 10 heteroatoms. The number of likely N-dealkylation sites (tertiary alicyclic amines) is 1. The van der Waals surface area contributed by atoms with Crippen LogP contribution in [0.2, 0.25) is 0 Å². The van der Waals surface area contributed by atoms with Crippen molar-refractivity contribution in [3.63, 3.8) is 0 Å². The number of nitrogens with one attached hydrogen (secondary N) is 3. The molecule has 3 N–H and O–H groups in total. The number of carbonyl (C=O) groups excluding carboxylic acids is 3. The van der Waals surface area contributed by atoms with Crippen molar-refractivity contribution in [3.8, 4) is 11.8 Å². The highest BCUT2D eigenvalue weighted by Crippen LogP contribution is 2.31. The molecule has 0 bridgehead atoms. The van der Waals surface area contributed by atoms with Crippen molar-refractivity contribution in [1.82, 2.24) is 20.5 Å². The molecule has 2 aromatic rings. The normalized spacial score (nSPS) is 23.2. The van der Waals surface area contributed by atoms with E-state index >= 15 is 0 Å². The Hall–Kier alpha value is -3.19. The Labute approximate surface area is 196 Å². The number of methoxy groups -OCH3 is 1. The average Bonchev–Trinajstić information content (AvgIpc) is 3.55. The summed E-state index contributed by atoms with van der Waals surface area (Å²) < 4.78 is 5.39. The van der Waals surface area contributed by atoms with Crippen LogP contribution in [-0.2, 0) is 9.59 Å². The first kappa shape index (κ1) is 23.0. The number of hydrogen-bond acceptors (Lipinski definition) is 6. The summed E-state index contributed by atoms with van der Waals surface area (Å²) in [7, 11) is 1.58. The van der Waals surface area contributed by atoms with E-state index in [0.29, 0.717) is 37.4 Å². The van der Waals surface area contributed by atoms with Gasteiger partial charge in [0.2, 0.25) is 11.8 Å². The first-order valence-electron chi connectivity index (χ1n) is 10.9. The number of benzene rings is 1. The van der Waals surface area contributed by atoms with Gasteiger partial charge in [-0.25, -0.2) is 0 Å². The van der Waals surface area contributed by atoms with E-state index < -0.39 is 12.1 Å². The molecule has 0 saturated carbocycles. The fourth-order valence-corrected chi connectivity index (χ4v) is 5.27. The summed E-state index contributed by atoms with van der Waals surface area (Å²) in [6.45, 7) is 1.03.